The van der Waals surface area contributed by atoms with E-state index in [1.165, 1.54) is 4.90 Å². The Labute approximate surface area is 108 Å². The molecule has 0 spiro atoms. The van der Waals surface area contributed by atoms with E-state index in [1.807, 2.05) is 0 Å². The van der Waals surface area contributed by atoms with Crippen LogP contribution in [0.5, 0.6) is 0 Å². The highest BCUT2D eigenvalue weighted by Gasteiger charge is 2.53. The van der Waals surface area contributed by atoms with Gasteiger partial charge in [-0.15, -0.1) is 0 Å². The summed E-state index contributed by atoms with van der Waals surface area (Å²) in [7, 11) is 0. The molecule has 0 aromatic heterocycles. The lowest BCUT2D eigenvalue weighted by molar-refractivity contribution is -0.151. The third-order valence-electron chi connectivity index (χ3n) is 3.30. The van der Waals surface area contributed by atoms with E-state index < -0.39 is 23.2 Å². The van der Waals surface area contributed by atoms with Gasteiger partial charge in [-0.1, -0.05) is 0 Å². The number of aliphatic carboxylic acids is 1. The number of hydrogen-bond acceptors (Lipinski definition) is 3. The first-order chi connectivity index (χ1) is 8.13. The molecule has 5 nitrogen and oxygen atoms in total. The molecule has 0 bridgehead atoms. The number of nitrogens with zero attached hydrogens (tertiary/aromatic N) is 1. The lowest BCUT2D eigenvalue weighted by Gasteiger charge is -2.38. The number of likely N-dealkylation sites (N-methyl/N-ethyl adjacent to an activating group) is 1. The van der Waals surface area contributed by atoms with Gasteiger partial charge in [-0.2, -0.15) is 0 Å². The molecular weight excluding hydrogens is 234 g/mol. The molecule has 1 amide bonds. The Morgan fingerprint density at radius 3 is 2.06 bits per heavy atom. The molecule has 104 valence electrons. The third kappa shape index (κ3) is 2.94. The molecule has 0 saturated heterocycles. The van der Waals surface area contributed by atoms with Crippen molar-refractivity contribution in [3.05, 3.63) is 0 Å². The van der Waals surface area contributed by atoms with Crippen LogP contribution in [0, 0.1) is 5.92 Å². The molecule has 1 N–H and O–H groups in total. The molecule has 1 aliphatic rings. The van der Waals surface area contributed by atoms with E-state index in [4.69, 9.17) is 4.74 Å². The van der Waals surface area contributed by atoms with Crippen LogP contribution in [0.3, 0.4) is 0 Å². The lowest BCUT2D eigenvalue weighted by atomic mass is 9.94. The van der Waals surface area contributed by atoms with Gasteiger partial charge in [0.25, 0.3) is 0 Å². The second kappa shape index (κ2) is 4.78. The minimum atomic E-state index is -1.16. The normalized spacial score (nSPS) is 18.9. The summed E-state index contributed by atoms with van der Waals surface area (Å²) < 4.78 is 5.29. The van der Waals surface area contributed by atoms with Crippen molar-refractivity contribution in [1.82, 2.24) is 4.90 Å². The second-order valence-electron chi connectivity index (χ2n) is 5.95. The summed E-state index contributed by atoms with van der Waals surface area (Å²) in [5.74, 6) is -0.930. The molecule has 1 atom stereocenters. The Balaban J connectivity index is 2.93. The van der Waals surface area contributed by atoms with Crippen LogP contribution in [0.2, 0.25) is 0 Å². The first kappa shape index (κ1) is 14.8. The van der Waals surface area contributed by atoms with Crippen molar-refractivity contribution in [3.63, 3.8) is 0 Å². The van der Waals surface area contributed by atoms with E-state index in [1.54, 1.807) is 34.6 Å². The highest BCUT2D eigenvalue weighted by atomic mass is 16.6. The Bertz CT molecular complexity index is 343. The Hall–Kier alpha value is -1.26. The number of ether oxygens (including phenoxy) is 1. The Morgan fingerprint density at radius 1 is 1.28 bits per heavy atom. The zero-order valence-corrected chi connectivity index (χ0v) is 11.8. The van der Waals surface area contributed by atoms with Gasteiger partial charge in [0.15, 0.2) is 0 Å². The van der Waals surface area contributed by atoms with Crippen LogP contribution in [0.1, 0.15) is 47.5 Å². The van der Waals surface area contributed by atoms with Gasteiger partial charge < -0.3 is 9.84 Å². The van der Waals surface area contributed by atoms with E-state index in [0.29, 0.717) is 6.54 Å². The van der Waals surface area contributed by atoms with E-state index in [0.717, 1.165) is 12.8 Å². The molecule has 1 rings (SSSR count). The number of carbonyl (C=O) groups is 2. The minimum Gasteiger partial charge on any atom is -0.479 e. The topological polar surface area (TPSA) is 66.8 Å². The predicted molar refractivity (Wildman–Crippen MR) is 67.4 cm³/mol. The van der Waals surface area contributed by atoms with Gasteiger partial charge in [0.1, 0.15) is 11.1 Å². The van der Waals surface area contributed by atoms with Gasteiger partial charge in [0.2, 0.25) is 0 Å². The van der Waals surface area contributed by atoms with Crippen molar-refractivity contribution in [3.8, 4) is 0 Å². The van der Waals surface area contributed by atoms with E-state index in [2.05, 4.69) is 0 Å². The van der Waals surface area contributed by atoms with Crippen molar-refractivity contribution in [2.45, 2.75) is 58.6 Å². The first-order valence-corrected chi connectivity index (χ1v) is 6.37. The number of rotatable bonds is 4. The number of carbonyl (C=O) groups excluding carboxylic acids is 1. The van der Waals surface area contributed by atoms with Crippen LogP contribution in [0.4, 0.5) is 4.79 Å². The molecule has 0 radical (unpaired) electrons. The fourth-order valence-corrected chi connectivity index (χ4v) is 2.12. The molecule has 1 saturated carbocycles. The van der Waals surface area contributed by atoms with Crippen LogP contribution in [-0.4, -0.2) is 39.8 Å². The van der Waals surface area contributed by atoms with Crippen molar-refractivity contribution >= 4 is 12.1 Å². The summed E-state index contributed by atoms with van der Waals surface area (Å²) in [4.78, 5) is 25.0. The average Bonchev–Trinajstić information content (AvgIpc) is 2.97. The number of hydrogen-bond donors (Lipinski definition) is 1. The molecule has 1 unspecified atom stereocenters. The Morgan fingerprint density at radius 2 is 1.78 bits per heavy atom. The maximum absolute atomic E-state index is 12.1. The van der Waals surface area contributed by atoms with Crippen LogP contribution in [-0.2, 0) is 9.53 Å². The van der Waals surface area contributed by atoms with Crippen LogP contribution in [0.25, 0.3) is 0 Å². The van der Waals surface area contributed by atoms with Gasteiger partial charge in [0, 0.05) is 6.54 Å². The summed E-state index contributed by atoms with van der Waals surface area (Å²) >= 11 is 0. The molecule has 1 fully saturated rings. The first-order valence-electron chi connectivity index (χ1n) is 6.37. The number of carboxylic acid groups (broad SMARTS) is 1. The largest absolute Gasteiger partial charge is 0.479 e. The van der Waals surface area contributed by atoms with Crippen molar-refractivity contribution in [1.29, 1.82) is 0 Å². The van der Waals surface area contributed by atoms with E-state index >= 15 is 0 Å². The number of amides is 1. The molecule has 18 heavy (non-hydrogen) atoms. The summed E-state index contributed by atoms with van der Waals surface area (Å²) in [5.41, 5.74) is -1.77. The van der Waals surface area contributed by atoms with Crippen LogP contribution >= 0.6 is 0 Å². The summed E-state index contributed by atoms with van der Waals surface area (Å²) in [6.45, 7) is 9.03. The molecule has 5 heteroatoms. The molecule has 1 aliphatic carbocycles. The molecular formula is C13H23NO4. The maximum atomic E-state index is 12.1. The van der Waals surface area contributed by atoms with Gasteiger partial charge in [-0.3, -0.25) is 4.90 Å². The smallest absolute Gasteiger partial charge is 0.411 e. The summed E-state index contributed by atoms with van der Waals surface area (Å²) in [6, 6.07) is 0. The monoisotopic (exact) mass is 257 g/mol. The highest BCUT2D eigenvalue weighted by Crippen LogP contribution is 2.43. The molecule has 0 aromatic rings. The van der Waals surface area contributed by atoms with Gasteiger partial charge >= 0.3 is 12.1 Å². The third-order valence-corrected chi connectivity index (χ3v) is 3.30. The Kier molecular flexibility index (Phi) is 3.93. The maximum Gasteiger partial charge on any atom is 0.411 e. The predicted octanol–water partition coefficient (Wildman–Crippen LogP) is 2.50. The second-order valence-corrected chi connectivity index (χ2v) is 5.95. The van der Waals surface area contributed by atoms with E-state index in [-0.39, 0.29) is 5.92 Å². The van der Waals surface area contributed by atoms with Gasteiger partial charge in [-0.05, 0) is 53.4 Å². The van der Waals surface area contributed by atoms with Crippen molar-refractivity contribution in [2.75, 3.05) is 6.54 Å². The summed E-state index contributed by atoms with van der Waals surface area (Å²) in [5, 5.41) is 9.44. The molecule has 0 aliphatic heterocycles. The molecule has 0 heterocycles. The van der Waals surface area contributed by atoms with Crippen molar-refractivity contribution < 1.29 is 19.4 Å². The molecule has 0 aromatic carbocycles. The number of carboxylic acids is 1. The SMILES string of the molecule is CCN(C(=O)OC(C)(C)C)C(C)(C(=O)O)C1CC1. The quantitative estimate of drug-likeness (QED) is 0.840. The zero-order chi connectivity index (χ0) is 14.1. The van der Waals surface area contributed by atoms with Crippen LogP contribution in [0.15, 0.2) is 0 Å². The lowest BCUT2D eigenvalue weighted by Crippen LogP contribution is -2.57. The summed E-state index contributed by atoms with van der Waals surface area (Å²) in [6.07, 6.45) is 1.14. The zero-order valence-electron chi connectivity index (χ0n) is 11.8. The fourth-order valence-electron chi connectivity index (χ4n) is 2.12. The van der Waals surface area contributed by atoms with Crippen LogP contribution < -0.4 is 0 Å². The van der Waals surface area contributed by atoms with Gasteiger partial charge in [-0.25, -0.2) is 9.59 Å². The van der Waals surface area contributed by atoms with E-state index in [9.17, 15) is 14.7 Å². The average molecular weight is 257 g/mol. The fraction of sp³-hybridized carbons (Fsp3) is 0.846. The van der Waals surface area contributed by atoms with Crippen molar-refractivity contribution in [2.24, 2.45) is 5.92 Å². The minimum absolute atomic E-state index is 0.0301. The van der Waals surface area contributed by atoms with Gasteiger partial charge in [0.05, 0.1) is 0 Å². The highest BCUT2D eigenvalue weighted by molar-refractivity contribution is 5.85. The standard InChI is InChI=1S/C13H23NO4/c1-6-14(11(17)18-12(2,3)4)13(5,10(15)16)9-7-8-9/h9H,6-8H2,1-5H3,(H,15,16).